The molecule has 5 heterocycles. The summed E-state index contributed by atoms with van der Waals surface area (Å²) in [5, 5.41) is 15.6. The monoisotopic (exact) mass is 951 g/mol. The van der Waals surface area contributed by atoms with Crippen LogP contribution in [0.25, 0.3) is 11.0 Å². The molecule has 17 heteroatoms. The number of nitrogens with zero attached hydrogens (tertiary/aromatic N) is 4. The van der Waals surface area contributed by atoms with Gasteiger partial charge in [0.05, 0.1) is 26.8 Å². The third-order valence-corrected chi connectivity index (χ3v) is 17.0. The lowest BCUT2D eigenvalue weighted by Gasteiger charge is -2.56. The van der Waals surface area contributed by atoms with Gasteiger partial charge in [-0.05, 0) is 123 Å². The van der Waals surface area contributed by atoms with Gasteiger partial charge < -0.3 is 24.7 Å². The van der Waals surface area contributed by atoms with Crippen molar-refractivity contribution in [1.82, 2.24) is 19.6 Å². The number of piperidine rings is 1. The fourth-order valence-electron chi connectivity index (χ4n) is 11.7. The quantitative estimate of drug-likeness (QED) is 0.0654. The van der Waals surface area contributed by atoms with Crippen molar-refractivity contribution in [3.63, 3.8) is 0 Å². The number of amides is 1. The van der Waals surface area contributed by atoms with E-state index in [0.717, 1.165) is 95.4 Å². The molecule has 2 aromatic heterocycles. The minimum Gasteiger partial charge on any atom is -0.489 e. The Balaban J connectivity index is 0.874. The molecule has 2 saturated heterocycles. The molecule has 14 nitrogen and oxygen atoms in total. The number of fused-ring (bicyclic) bond motifs is 2. The molecule has 2 aliphatic carbocycles. The second kappa shape index (κ2) is 17.6. The molecule has 5 aliphatic rings. The maximum absolute atomic E-state index is 15.5. The largest absolute Gasteiger partial charge is 0.489 e. The smallest absolute Gasteiger partial charge is 0.297 e. The summed E-state index contributed by atoms with van der Waals surface area (Å²) in [7, 11) is -4.77. The van der Waals surface area contributed by atoms with Crippen LogP contribution >= 0.6 is 0 Å². The highest BCUT2D eigenvalue weighted by molar-refractivity contribution is 7.90. The average molecular weight is 952 g/mol. The molecule has 4 fully saturated rings. The number of aromatic nitrogens is 2. The summed E-state index contributed by atoms with van der Waals surface area (Å²) in [6.07, 6.45) is 11.4. The Hall–Kier alpha value is -5.81. The number of nitrogens with one attached hydrogen (secondary N) is 3. The molecule has 3 aromatic carbocycles. The van der Waals surface area contributed by atoms with E-state index in [4.69, 9.17) is 9.47 Å². The van der Waals surface area contributed by atoms with E-state index < -0.39 is 49.0 Å². The minimum atomic E-state index is -4.77. The first kappa shape index (κ1) is 45.9. The van der Waals surface area contributed by atoms with Gasteiger partial charge in [0.25, 0.3) is 27.6 Å². The third kappa shape index (κ3) is 8.76. The molecule has 68 heavy (non-hydrogen) atoms. The predicted octanol–water partition coefficient (Wildman–Crippen LogP) is 10.8. The SMILES string of the molecule is CC(C)c1ccccc1[C@H]1CCCN1C1CC2(CCN(c3ccc(C(=O)NS(=O)(=O)c4cc5c(c([N+](=O)[O-])c4)N[C@@H](C4CCC(C)(C)CC4)CO5)c(Oc4cc5c(F)c[nH]c5nc4F)c3)CC2)C1. The maximum Gasteiger partial charge on any atom is 0.297 e. The van der Waals surface area contributed by atoms with Gasteiger partial charge in [0.15, 0.2) is 17.2 Å². The number of carbonyl (C=O) groups excluding carboxylic acids is 1. The van der Waals surface area contributed by atoms with Gasteiger partial charge in [0, 0.05) is 55.3 Å². The second-order valence-corrected chi connectivity index (χ2v) is 22.6. The van der Waals surface area contributed by atoms with Gasteiger partial charge in [0.1, 0.15) is 23.8 Å². The number of pyridine rings is 1. The number of anilines is 2. The summed E-state index contributed by atoms with van der Waals surface area (Å²) in [5.41, 5.74) is 3.25. The molecule has 2 atom stereocenters. The molecule has 10 rings (SSSR count). The van der Waals surface area contributed by atoms with E-state index in [-0.39, 0.29) is 63.2 Å². The van der Waals surface area contributed by atoms with Gasteiger partial charge in [-0.25, -0.2) is 17.5 Å². The number of halogens is 2. The van der Waals surface area contributed by atoms with Crippen LogP contribution in [0.15, 0.2) is 71.8 Å². The van der Waals surface area contributed by atoms with Gasteiger partial charge in [-0.3, -0.25) is 19.8 Å². The Bertz CT molecular complexity index is 2880. The molecule has 3 N–H and O–H groups in total. The van der Waals surface area contributed by atoms with Crippen molar-refractivity contribution >= 4 is 44.0 Å². The average Bonchev–Trinajstić information content (AvgIpc) is 3.93. The summed E-state index contributed by atoms with van der Waals surface area (Å²) in [6.45, 7) is 11.7. The van der Waals surface area contributed by atoms with Crippen molar-refractivity contribution in [2.24, 2.45) is 16.7 Å². The molecule has 2 saturated carbocycles. The van der Waals surface area contributed by atoms with E-state index in [9.17, 15) is 27.7 Å². The Morgan fingerprint density at radius 2 is 1.74 bits per heavy atom. The van der Waals surface area contributed by atoms with E-state index in [1.54, 1.807) is 12.1 Å². The molecule has 0 unspecified atom stereocenters. The molecule has 1 spiro atoms. The number of likely N-dealkylation sites (tertiary alicyclic amines) is 1. The van der Waals surface area contributed by atoms with E-state index in [2.05, 4.69) is 77.0 Å². The van der Waals surface area contributed by atoms with Crippen LogP contribution in [-0.4, -0.2) is 72.4 Å². The number of aromatic amines is 1. The lowest BCUT2D eigenvalue weighted by molar-refractivity contribution is -0.384. The zero-order valence-electron chi connectivity index (χ0n) is 38.9. The number of carbonyl (C=O) groups is 1. The number of hydrogen-bond acceptors (Lipinski definition) is 11. The Kier molecular flexibility index (Phi) is 11.9. The van der Waals surface area contributed by atoms with Crippen LogP contribution in [0.2, 0.25) is 0 Å². The number of nitro groups is 1. The van der Waals surface area contributed by atoms with Crippen LogP contribution in [0, 0.1) is 38.6 Å². The predicted molar refractivity (Wildman–Crippen MR) is 255 cm³/mol. The Morgan fingerprint density at radius 3 is 2.47 bits per heavy atom. The van der Waals surface area contributed by atoms with E-state index in [0.29, 0.717) is 23.7 Å². The van der Waals surface area contributed by atoms with Gasteiger partial charge in [-0.15, -0.1) is 0 Å². The minimum absolute atomic E-state index is 0.0171. The first-order valence-electron chi connectivity index (χ1n) is 24.0. The zero-order chi connectivity index (χ0) is 47.7. The summed E-state index contributed by atoms with van der Waals surface area (Å²) < 4.78 is 72.2. The number of benzene rings is 3. The Morgan fingerprint density at radius 1 is 0.985 bits per heavy atom. The molecule has 1 amide bonds. The van der Waals surface area contributed by atoms with Crippen molar-refractivity contribution < 1.29 is 36.4 Å². The fourth-order valence-corrected chi connectivity index (χ4v) is 12.7. The standard InChI is InChI=1S/C51H59F2N7O7S/c1-30(2)35-8-5-6-9-36(35)41-10-7-19-59(41)33-26-51(27-33)17-20-58(21-18-51)32-11-12-37(43(22-32)67-45-25-38-39(52)28-54-48(38)56-47(45)53)49(61)57-68(64,65)34-23-42(60(62)63)46-44(24-34)66-29-40(55-46)31-13-15-50(3,4)16-14-31/h5-6,8-9,11-12,22-25,28,30-31,33,40-41,55H,7,10,13-21,26-27,29H2,1-4H3,(H,54,56)(H,57,61)/t40-,41-/m1/s1. The van der Waals surface area contributed by atoms with Crippen LogP contribution in [0.4, 0.5) is 25.8 Å². The normalized spacial score (nSPS) is 21.8. The first-order chi connectivity index (χ1) is 32.5. The molecule has 360 valence electrons. The second-order valence-electron chi connectivity index (χ2n) is 20.9. The van der Waals surface area contributed by atoms with Crippen molar-refractivity contribution in [3.8, 4) is 17.2 Å². The van der Waals surface area contributed by atoms with Gasteiger partial charge >= 0.3 is 0 Å². The first-order valence-corrected chi connectivity index (χ1v) is 25.5. The lowest BCUT2D eigenvalue weighted by atomic mass is 9.59. The maximum atomic E-state index is 15.5. The number of nitro benzene ring substituents is 1. The molecule has 3 aliphatic heterocycles. The fraction of sp³-hybridized carbons (Fsp3) is 0.490. The highest BCUT2D eigenvalue weighted by Crippen LogP contribution is 2.54. The molecule has 0 bridgehead atoms. The molecular weight excluding hydrogens is 893 g/mol. The third-order valence-electron chi connectivity index (χ3n) is 15.7. The summed E-state index contributed by atoms with van der Waals surface area (Å²) >= 11 is 0. The number of rotatable bonds is 11. The van der Waals surface area contributed by atoms with Crippen LogP contribution in [0.5, 0.6) is 17.2 Å². The van der Waals surface area contributed by atoms with Crippen molar-refractivity contribution in [1.29, 1.82) is 0 Å². The van der Waals surface area contributed by atoms with Crippen LogP contribution in [0.3, 0.4) is 0 Å². The zero-order valence-corrected chi connectivity index (χ0v) is 39.8. The highest BCUT2D eigenvalue weighted by Gasteiger charge is 2.50. The number of ether oxygens (including phenoxy) is 2. The number of hydrogen-bond donors (Lipinski definition) is 3. The van der Waals surface area contributed by atoms with Gasteiger partial charge in [-0.1, -0.05) is 52.0 Å². The molecule has 5 aromatic rings. The van der Waals surface area contributed by atoms with Crippen LogP contribution < -0.4 is 24.4 Å². The molecule has 0 radical (unpaired) electrons. The summed E-state index contributed by atoms with van der Waals surface area (Å²) in [4.78, 5) is 36.6. The number of sulfonamides is 1. The van der Waals surface area contributed by atoms with Crippen LogP contribution in [0.1, 0.15) is 125 Å². The molecular formula is C51H59F2N7O7S. The van der Waals surface area contributed by atoms with E-state index in [1.807, 2.05) is 4.72 Å². The van der Waals surface area contributed by atoms with E-state index in [1.165, 1.54) is 30.0 Å². The van der Waals surface area contributed by atoms with Crippen molar-refractivity contribution in [2.45, 2.75) is 121 Å². The Labute approximate surface area is 395 Å². The topological polar surface area (TPSA) is 172 Å². The van der Waals surface area contributed by atoms with Gasteiger partial charge in [-0.2, -0.15) is 9.37 Å². The number of H-pyrrole nitrogens is 1. The summed E-state index contributed by atoms with van der Waals surface area (Å²) in [6, 6.07) is 17.5. The van der Waals surface area contributed by atoms with Gasteiger partial charge in [0.2, 0.25) is 0 Å². The van der Waals surface area contributed by atoms with Crippen molar-refractivity contribution in [2.75, 3.05) is 36.5 Å². The van der Waals surface area contributed by atoms with Crippen LogP contribution in [-0.2, 0) is 10.0 Å². The van der Waals surface area contributed by atoms with Crippen molar-refractivity contribution in [3.05, 3.63) is 105 Å². The highest BCUT2D eigenvalue weighted by atomic mass is 32.2. The summed E-state index contributed by atoms with van der Waals surface area (Å²) in [5.74, 6) is -2.92. The lowest BCUT2D eigenvalue weighted by Crippen LogP contribution is -2.54. The van der Waals surface area contributed by atoms with E-state index >= 15 is 4.39 Å².